The zero-order chi connectivity index (χ0) is 69.0. The lowest BCUT2D eigenvalue weighted by Crippen LogP contribution is -2.30. The van der Waals surface area contributed by atoms with E-state index in [9.17, 15) is 43.2 Å². The number of hydrogen-bond donors (Lipinski definition) is 3. The predicted molar refractivity (Wildman–Crippen MR) is 382 cm³/mol. The molecule has 0 bridgehead atoms. The van der Waals surface area contributed by atoms with Crippen LogP contribution in [0.1, 0.15) is 387 Å². The van der Waals surface area contributed by atoms with Gasteiger partial charge in [0.05, 0.1) is 26.4 Å². The van der Waals surface area contributed by atoms with Crippen LogP contribution in [0.3, 0.4) is 0 Å². The van der Waals surface area contributed by atoms with Crippen molar-refractivity contribution < 1.29 is 80.2 Å². The molecule has 0 aliphatic rings. The number of ether oxygens (including phenoxy) is 4. The SMILES string of the molecule is CCCCCCCC/C=C\CCCCCCCC(=O)OC[C@H](COP(=O)(O)OC[C@H](O)COP(=O)(O)OC[C@@H](COC(=O)CCCCCCCCCCCCCCC)OC(=O)CCCCCCCCCCCCCCC)OC(=O)CCCCCCCCCCCCCCC. The molecule has 0 spiro atoms. The molecule has 556 valence electrons. The Morgan fingerprint density at radius 2 is 0.489 bits per heavy atom. The number of allylic oxidation sites excluding steroid dienone is 2. The summed E-state index contributed by atoms with van der Waals surface area (Å²) < 4.78 is 68.5. The first-order chi connectivity index (χ1) is 45.7. The zero-order valence-electron chi connectivity index (χ0n) is 60.7. The summed E-state index contributed by atoms with van der Waals surface area (Å²) >= 11 is 0. The van der Waals surface area contributed by atoms with Crippen molar-refractivity contribution >= 4 is 39.5 Å². The second kappa shape index (κ2) is 69.3. The minimum absolute atomic E-state index is 0.105. The molecule has 0 rings (SSSR count). The zero-order valence-corrected chi connectivity index (χ0v) is 62.5. The monoisotopic (exact) mass is 1380 g/mol. The Kier molecular flexibility index (Phi) is 67.7. The van der Waals surface area contributed by atoms with E-state index in [4.69, 9.17) is 37.0 Å². The average Bonchev–Trinajstić information content (AvgIpc) is 1.67. The van der Waals surface area contributed by atoms with Gasteiger partial charge in [0, 0.05) is 25.7 Å². The predicted octanol–water partition coefficient (Wildman–Crippen LogP) is 22.0. The van der Waals surface area contributed by atoms with Crippen LogP contribution in [0.5, 0.6) is 0 Å². The lowest BCUT2D eigenvalue weighted by molar-refractivity contribution is -0.161. The van der Waals surface area contributed by atoms with Gasteiger partial charge in [0.2, 0.25) is 0 Å². The molecule has 2 unspecified atom stereocenters. The summed E-state index contributed by atoms with van der Waals surface area (Å²) in [5, 5.41) is 10.6. The van der Waals surface area contributed by atoms with Crippen molar-refractivity contribution in [1.82, 2.24) is 0 Å². The van der Waals surface area contributed by atoms with Gasteiger partial charge < -0.3 is 33.8 Å². The normalized spacial score (nSPS) is 14.0. The third-order valence-electron chi connectivity index (χ3n) is 17.3. The molecule has 0 fully saturated rings. The Morgan fingerprint density at radius 3 is 0.734 bits per heavy atom. The highest BCUT2D eigenvalue weighted by molar-refractivity contribution is 7.47. The van der Waals surface area contributed by atoms with Crippen molar-refractivity contribution in [3.8, 4) is 0 Å². The van der Waals surface area contributed by atoms with Crippen LogP contribution in [0, 0.1) is 0 Å². The molecule has 19 heteroatoms. The standard InChI is InChI=1S/C75H144O17P2/c1-5-9-13-17-21-25-29-33-34-38-40-44-48-52-56-60-73(78)86-66-71(92-75(80)62-58-54-50-46-42-37-32-28-24-20-16-12-8-4)68-90-94(83,84)88-64-69(76)63-87-93(81,82)89-67-70(91-74(79)61-57-53-49-45-41-36-31-27-23-19-15-11-7-3)65-85-72(77)59-55-51-47-43-39-35-30-26-22-18-14-10-6-2/h33-34,69-71,76H,5-32,35-68H2,1-4H3,(H,81,82)(H,83,84)/b34-33-/t69-,70-,71-/m1/s1. The van der Waals surface area contributed by atoms with E-state index < -0.39 is 97.5 Å². The highest BCUT2D eigenvalue weighted by Crippen LogP contribution is 2.45. The van der Waals surface area contributed by atoms with E-state index in [0.717, 1.165) is 109 Å². The summed E-state index contributed by atoms with van der Waals surface area (Å²) in [6.07, 6.45) is 60.5. The van der Waals surface area contributed by atoms with Crippen molar-refractivity contribution in [3.63, 3.8) is 0 Å². The number of esters is 4. The number of carbonyl (C=O) groups is 4. The third-order valence-corrected chi connectivity index (χ3v) is 19.2. The van der Waals surface area contributed by atoms with E-state index in [1.54, 1.807) is 0 Å². The van der Waals surface area contributed by atoms with Gasteiger partial charge in [-0.1, -0.05) is 322 Å². The van der Waals surface area contributed by atoms with Crippen molar-refractivity contribution in [2.45, 2.75) is 406 Å². The third kappa shape index (κ3) is 68.3. The van der Waals surface area contributed by atoms with E-state index in [-0.39, 0.29) is 25.7 Å². The molecule has 0 aromatic heterocycles. The molecule has 17 nitrogen and oxygen atoms in total. The van der Waals surface area contributed by atoms with E-state index in [0.29, 0.717) is 25.7 Å². The topological polar surface area (TPSA) is 237 Å². The van der Waals surface area contributed by atoms with Crippen LogP contribution in [-0.4, -0.2) is 96.7 Å². The summed E-state index contributed by atoms with van der Waals surface area (Å²) in [5.74, 6) is -2.13. The number of phosphoric acid groups is 2. The second-order valence-electron chi connectivity index (χ2n) is 26.7. The van der Waals surface area contributed by atoms with Crippen molar-refractivity contribution in [2.75, 3.05) is 39.6 Å². The minimum Gasteiger partial charge on any atom is -0.462 e. The number of hydrogen-bond acceptors (Lipinski definition) is 15. The molecule has 94 heavy (non-hydrogen) atoms. The van der Waals surface area contributed by atoms with Gasteiger partial charge in [-0.3, -0.25) is 37.3 Å². The molecule has 0 saturated carbocycles. The van der Waals surface area contributed by atoms with Crippen LogP contribution in [0.15, 0.2) is 12.2 Å². The maximum Gasteiger partial charge on any atom is 0.472 e. The molecule has 0 saturated heterocycles. The molecular weight excluding hydrogens is 1230 g/mol. The molecular formula is C75H144O17P2. The summed E-state index contributed by atoms with van der Waals surface area (Å²) in [6.45, 7) is 4.96. The van der Waals surface area contributed by atoms with Crippen LogP contribution < -0.4 is 0 Å². The number of aliphatic hydroxyl groups is 1. The Hall–Kier alpha value is -2.20. The van der Waals surface area contributed by atoms with Gasteiger partial charge >= 0.3 is 39.5 Å². The molecule has 0 aliphatic heterocycles. The van der Waals surface area contributed by atoms with Crippen molar-refractivity contribution in [2.24, 2.45) is 0 Å². The first kappa shape index (κ1) is 91.8. The van der Waals surface area contributed by atoms with Crippen LogP contribution in [0.4, 0.5) is 0 Å². The largest absolute Gasteiger partial charge is 0.472 e. The number of phosphoric ester groups is 2. The summed E-state index contributed by atoms with van der Waals surface area (Å²) in [6, 6.07) is 0. The molecule has 0 radical (unpaired) electrons. The fourth-order valence-electron chi connectivity index (χ4n) is 11.3. The van der Waals surface area contributed by atoms with Crippen LogP contribution >= 0.6 is 15.6 Å². The second-order valence-corrected chi connectivity index (χ2v) is 29.6. The van der Waals surface area contributed by atoms with E-state index >= 15 is 0 Å². The number of aliphatic hydroxyl groups excluding tert-OH is 1. The molecule has 0 amide bonds. The maximum absolute atomic E-state index is 13.1. The van der Waals surface area contributed by atoms with Gasteiger partial charge in [0.15, 0.2) is 12.2 Å². The fraction of sp³-hybridized carbons (Fsp3) is 0.920. The quantitative estimate of drug-likeness (QED) is 0.0169. The lowest BCUT2D eigenvalue weighted by atomic mass is 10.0. The van der Waals surface area contributed by atoms with Crippen molar-refractivity contribution in [3.05, 3.63) is 12.2 Å². The van der Waals surface area contributed by atoms with Gasteiger partial charge in [-0.05, 0) is 51.4 Å². The van der Waals surface area contributed by atoms with E-state index in [1.807, 2.05) is 0 Å². The maximum atomic E-state index is 13.1. The van der Waals surface area contributed by atoms with E-state index in [1.165, 1.54) is 199 Å². The lowest BCUT2D eigenvalue weighted by Gasteiger charge is -2.21. The summed E-state index contributed by atoms with van der Waals surface area (Å²) in [4.78, 5) is 72.8. The fourth-order valence-corrected chi connectivity index (χ4v) is 12.9. The van der Waals surface area contributed by atoms with E-state index in [2.05, 4.69) is 39.8 Å². The average molecular weight is 1380 g/mol. The Bertz CT molecular complexity index is 1840. The first-order valence-corrected chi connectivity index (χ1v) is 41.9. The summed E-state index contributed by atoms with van der Waals surface area (Å²) in [5.41, 5.74) is 0. The van der Waals surface area contributed by atoms with Crippen LogP contribution in [0.2, 0.25) is 0 Å². The van der Waals surface area contributed by atoms with Gasteiger partial charge in [0.25, 0.3) is 0 Å². The van der Waals surface area contributed by atoms with Gasteiger partial charge in [-0.15, -0.1) is 0 Å². The van der Waals surface area contributed by atoms with Gasteiger partial charge in [-0.2, -0.15) is 0 Å². The number of carbonyl (C=O) groups excluding carboxylic acids is 4. The van der Waals surface area contributed by atoms with Crippen LogP contribution in [-0.2, 0) is 65.4 Å². The summed E-state index contributed by atoms with van der Waals surface area (Å²) in [7, 11) is -9.91. The molecule has 0 heterocycles. The first-order valence-electron chi connectivity index (χ1n) is 38.9. The van der Waals surface area contributed by atoms with Crippen molar-refractivity contribution in [1.29, 1.82) is 0 Å². The molecule has 3 N–H and O–H groups in total. The molecule has 0 aliphatic carbocycles. The highest BCUT2D eigenvalue weighted by atomic mass is 31.2. The molecule has 0 aromatic carbocycles. The van der Waals surface area contributed by atoms with Crippen LogP contribution in [0.25, 0.3) is 0 Å². The van der Waals surface area contributed by atoms with Gasteiger partial charge in [-0.25, -0.2) is 9.13 Å². The Labute approximate surface area is 574 Å². The smallest absolute Gasteiger partial charge is 0.462 e. The number of unbranched alkanes of at least 4 members (excludes halogenated alkanes) is 47. The minimum atomic E-state index is -4.96. The van der Waals surface area contributed by atoms with Gasteiger partial charge in [0.1, 0.15) is 19.3 Å². The number of rotatable bonds is 75. The molecule has 5 atom stereocenters. The highest BCUT2D eigenvalue weighted by Gasteiger charge is 2.30. The molecule has 0 aromatic rings. The Balaban J connectivity index is 5.27. The Morgan fingerprint density at radius 1 is 0.287 bits per heavy atom.